The van der Waals surface area contributed by atoms with Gasteiger partial charge in [0.15, 0.2) is 0 Å². The maximum Gasteiger partial charge on any atom is 0.142 e. The summed E-state index contributed by atoms with van der Waals surface area (Å²) in [6, 6.07) is 3.27. The van der Waals surface area contributed by atoms with E-state index in [1.165, 1.54) is 0 Å². The molecule has 1 atom stereocenters. The minimum Gasteiger partial charge on any atom is -0.489 e. The summed E-state index contributed by atoms with van der Waals surface area (Å²) < 4.78 is 10.6. The van der Waals surface area contributed by atoms with E-state index in [4.69, 9.17) is 38.4 Å². The van der Waals surface area contributed by atoms with Crippen molar-refractivity contribution in [3.05, 3.63) is 27.7 Å². The van der Waals surface area contributed by atoms with E-state index < -0.39 is 6.10 Å². The Morgan fingerprint density at radius 1 is 1.33 bits per heavy atom. The second kappa shape index (κ2) is 7.81. The molecule has 18 heavy (non-hydrogen) atoms. The van der Waals surface area contributed by atoms with Gasteiger partial charge in [-0.1, -0.05) is 23.2 Å². The molecule has 6 heteroatoms. The Bertz CT molecular complexity index is 388. The number of halogens is 2. The van der Waals surface area contributed by atoms with Crippen LogP contribution in [0.4, 0.5) is 0 Å². The molecule has 0 saturated carbocycles. The summed E-state index contributed by atoms with van der Waals surface area (Å²) in [5.74, 6) is 0.458. The van der Waals surface area contributed by atoms with Crippen LogP contribution in [0, 0.1) is 0 Å². The number of ether oxygens (including phenoxy) is 2. The summed E-state index contributed by atoms with van der Waals surface area (Å²) in [7, 11) is 0. The van der Waals surface area contributed by atoms with Gasteiger partial charge >= 0.3 is 0 Å². The fourth-order valence-corrected chi connectivity index (χ4v) is 2.00. The Hall–Kier alpha value is -0.520. The van der Waals surface area contributed by atoms with E-state index in [-0.39, 0.29) is 19.8 Å². The van der Waals surface area contributed by atoms with Crippen molar-refractivity contribution in [1.29, 1.82) is 0 Å². The van der Waals surface area contributed by atoms with Gasteiger partial charge in [-0.25, -0.2) is 0 Å². The molecule has 0 fully saturated rings. The van der Waals surface area contributed by atoms with Crippen molar-refractivity contribution in [2.75, 3.05) is 19.8 Å². The first kappa shape index (κ1) is 15.5. The van der Waals surface area contributed by atoms with E-state index in [0.29, 0.717) is 28.0 Å². The summed E-state index contributed by atoms with van der Waals surface area (Å²) in [5.41, 5.74) is 6.30. The van der Waals surface area contributed by atoms with E-state index in [1.54, 1.807) is 12.1 Å². The van der Waals surface area contributed by atoms with Crippen LogP contribution in [0.2, 0.25) is 10.0 Å². The summed E-state index contributed by atoms with van der Waals surface area (Å²) >= 11 is 11.9. The highest BCUT2D eigenvalue weighted by Crippen LogP contribution is 2.32. The lowest BCUT2D eigenvalue weighted by atomic mass is 10.2. The predicted octanol–water partition coefficient (Wildman–Crippen LogP) is 2.23. The van der Waals surface area contributed by atoms with E-state index in [1.807, 2.05) is 6.92 Å². The SMILES string of the molecule is CCOCC(O)COc1c(Cl)cc(Cl)cc1CN. The largest absolute Gasteiger partial charge is 0.489 e. The Morgan fingerprint density at radius 2 is 2.06 bits per heavy atom. The smallest absolute Gasteiger partial charge is 0.142 e. The van der Waals surface area contributed by atoms with Crippen molar-refractivity contribution < 1.29 is 14.6 Å². The van der Waals surface area contributed by atoms with Crippen molar-refractivity contribution in [2.24, 2.45) is 5.73 Å². The van der Waals surface area contributed by atoms with Gasteiger partial charge in [-0.15, -0.1) is 0 Å². The van der Waals surface area contributed by atoms with Crippen LogP contribution in [0.5, 0.6) is 5.75 Å². The highest BCUT2D eigenvalue weighted by Gasteiger charge is 2.12. The first-order valence-corrected chi connectivity index (χ1v) is 6.40. The van der Waals surface area contributed by atoms with Crippen molar-refractivity contribution >= 4 is 23.2 Å². The Kier molecular flexibility index (Phi) is 6.75. The molecule has 102 valence electrons. The van der Waals surface area contributed by atoms with Crippen LogP contribution in [-0.4, -0.2) is 31.0 Å². The van der Waals surface area contributed by atoms with E-state index in [2.05, 4.69) is 0 Å². The van der Waals surface area contributed by atoms with Crippen molar-refractivity contribution in [3.63, 3.8) is 0 Å². The van der Waals surface area contributed by atoms with Crippen molar-refractivity contribution in [1.82, 2.24) is 0 Å². The van der Waals surface area contributed by atoms with Crippen LogP contribution in [0.25, 0.3) is 0 Å². The topological polar surface area (TPSA) is 64.7 Å². The van der Waals surface area contributed by atoms with Gasteiger partial charge in [0, 0.05) is 23.7 Å². The average molecular weight is 294 g/mol. The zero-order chi connectivity index (χ0) is 13.5. The molecule has 0 heterocycles. The number of hydrogen-bond donors (Lipinski definition) is 2. The summed E-state index contributed by atoms with van der Waals surface area (Å²) in [6.45, 7) is 2.98. The zero-order valence-electron chi connectivity index (χ0n) is 10.2. The predicted molar refractivity (Wildman–Crippen MR) is 72.3 cm³/mol. The molecule has 0 aromatic heterocycles. The molecule has 0 spiro atoms. The molecule has 0 aliphatic carbocycles. The van der Waals surface area contributed by atoms with Crippen LogP contribution in [0.15, 0.2) is 12.1 Å². The molecule has 0 aliphatic rings. The van der Waals surface area contributed by atoms with Gasteiger partial charge in [-0.3, -0.25) is 0 Å². The molecule has 0 aliphatic heterocycles. The molecule has 0 saturated heterocycles. The molecule has 4 nitrogen and oxygen atoms in total. The first-order chi connectivity index (χ1) is 8.58. The standard InChI is InChI=1S/C12H17Cl2NO3/c1-2-17-6-10(16)7-18-12-8(5-15)3-9(13)4-11(12)14/h3-4,10,16H,2,5-7,15H2,1H3. The molecule has 1 aromatic carbocycles. The first-order valence-electron chi connectivity index (χ1n) is 5.65. The molecule has 3 N–H and O–H groups in total. The Morgan fingerprint density at radius 3 is 2.67 bits per heavy atom. The van der Waals surface area contributed by atoms with Crippen LogP contribution in [-0.2, 0) is 11.3 Å². The maximum atomic E-state index is 9.60. The minimum absolute atomic E-state index is 0.0916. The minimum atomic E-state index is -0.706. The van der Waals surface area contributed by atoms with Gasteiger partial charge in [0.2, 0.25) is 0 Å². The van der Waals surface area contributed by atoms with Gasteiger partial charge in [0.1, 0.15) is 18.5 Å². The molecule has 0 bridgehead atoms. The number of aliphatic hydroxyl groups is 1. The fourth-order valence-electron chi connectivity index (χ4n) is 1.41. The molecule has 0 amide bonds. The zero-order valence-corrected chi connectivity index (χ0v) is 11.7. The van der Waals surface area contributed by atoms with E-state index in [0.717, 1.165) is 0 Å². The lowest BCUT2D eigenvalue weighted by Crippen LogP contribution is -2.24. The van der Waals surface area contributed by atoms with Crippen LogP contribution >= 0.6 is 23.2 Å². The molecule has 1 rings (SSSR count). The quantitative estimate of drug-likeness (QED) is 0.809. The lowest BCUT2D eigenvalue weighted by Gasteiger charge is -2.16. The van der Waals surface area contributed by atoms with Gasteiger partial charge < -0.3 is 20.3 Å². The molecular weight excluding hydrogens is 277 g/mol. The van der Waals surface area contributed by atoms with Gasteiger partial charge in [0.05, 0.1) is 11.6 Å². The second-order valence-electron chi connectivity index (χ2n) is 3.70. The Labute approximate surface area is 117 Å². The number of aliphatic hydroxyl groups excluding tert-OH is 1. The maximum absolute atomic E-state index is 9.60. The molecular formula is C12H17Cl2NO3. The van der Waals surface area contributed by atoms with Crippen LogP contribution in [0.1, 0.15) is 12.5 Å². The lowest BCUT2D eigenvalue weighted by molar-refractivity contribution is 0.0163. The third kappa shape index (κ3) is 4.63. The van der Waals surface area contributed by atoms with E-state index in [9.17, 15) is 5.11 Å². The van der Waals surface area contributed by atoms with Crippen molar-refractivity contribution in [2.45, 2.75) is 19.6 Å². The van der Waals surface area contributed by atoms with Crippen molar-refractivity contribution in [3.8, 4) is 5.75 Å². The van der Waals surface area contributed by atoms with Gasteiger partial charge in [-0.2, -0.15) is 0 Å². The number of rotatable bonds is 7. The highest BCUT2D eigenvalue weighted by molar-refractivity contribution is 6.35. The van der Waals surface area contributed by atoms with Crippen LogP contribution < -0.4 is 10.5 Å². The van der Waals surface area contributed by atoms with Crippen LogP contribution in [0.3, 0.4) is 0 Å². The molecule has 0 radical (unpaired) electrons. The number of benzene rings is 1. The summed E-state index contributed by atoms with van der Waals surface area (Å²) in [5, 5.41) is 10.5. The normalized spacial score (nSPS) is 12.5. The summed E-state index contributed by atoms with van der Waals surface area (Å²) in [4.78, 5) is 0. The highest BCUT2D eigenvalue weighted by atomic mass is 35.5. The van der Waals surface area contributed by atoms with Gasteiger partial charge in [-0.05, 0) is 19.1 Å². The average Bonchev–Trinajstić information content (AvgIpc) is 2.34. The van der Waals surface area contributed by atoms with Gasteiger partial charge in [0.25, 0.3) is 0 Å². The summed E-state index contributed by atoms with van der Waals surface area (Å²) in [6.07, 6.45) is -0.706. The number of nitrogens with two attached hydrogens (primary N) is 1. The third-order valence-electron chi connectivity index (χ3n) is 2.24. The fraction of sp³-hybridized carbons (Fsp3) is 0.500. The molecule has 1 aromatic rings. The second-order valence-corrected chi connectivity index (χ2v) is 4.55. The number of hydrogen-bond acceptors (Lipinski definition) is 4. The van der Waals surface area contributed by atoms with E-state index >= 15 is 0 Å². The monoisotopic (exact) mass is 293 g/mol. The molecule has 1 unspecified atom stereocenters. The third-order valence-corrected chi connectivity index (χ3v) is 2.74. The Balaban J connectivity index is 2.66.